The van der Waals surface area contributed by atoms with Crippen LogP contribution in [0.1, 0.15) is 51.5 Å². The molecule has 0 bridgehead atoms. The molecule has 1 saturated carbocycles. The van der Waals surface area contributed by atoms with Gasteiger partial charge in [-0.15, -0.1) is 0 Å². The van der Waals surface area contributed by atoms with Crippen molar-refractivity contribution in [3.63, 3.8) is 0 Å². The maximum absolute atomic E-state index is 12.3. The Labute approximate surface area is 138 Å². The van der Waals surface area contributed by atoms with Crippen molar-refractivity contribution in [1.82, 2.24) is 0 Å². The summed E-state index contributed by atoms with van der Waals surface area (Å²) in [5.74, 6) is -1.77. The van der Waals surface area contributed by atoms with Gasteiger partial charge < -0.3 is 9.47 Å². The number of carbonyl (C=O) groups excluding carboxylic acids is 2. The number of benzene rings is 1. The van der Waals surface area contributed by atoms with Crippen LogP contribution < -0.4 is 0 Å². The van der Waals surface area contributed by atoms with Gasteiger partial charge in [0.15, 0.2) is 5.92 Å². The van der Waals surface area contributed by atoms with Crippen molar-refractivity contribution in [1.29, 1.82) is 0 Å². The summed E-state index contributed by atoms with van der Waals surface area (Å²) in [4.78, 5) is 24.6. The first kappa shape index (κ1) is 17.5. The zero-order chi connectivity index (χ0) is 16.7. The Balaban J connectivity index is 2.27. The monoisotopic (exact) mass is 318 g/mol. The fourth-order valence-corrected chi connectivity index (χ4v) is 3.59. The van der Waals surface area contributed by atoms with E-state index < -0.39 is 17.9 Å². The van der Waals surface area contributed by atoms with Gasteiger partial charge in [0, 0.05) is 0 Å². The maximum Gasteiger partial charge on any atom is 0.320 e. The van der Waals surface area contributed by atoms with Crippen LogP contribution in [-0.4, -0.2) is 25.2 Å². The van der Waals surface area contributed by atoms with E-state index in [0.717, 1.165) is 25.7 Å². The minimum Gasteiger partial charge on any atom is -0.465 e. The molecule has 1 aliphatic carbocycles. The van der Waals surface area contributed by atoms with E-state index in [-0.39, 0.29) is 18.6 Å². The van der Waals surface area contributed by atoms with Gasteiger partial charge in [-0.05, 0) is 44.1 Å². The summed E-state index contributed by atoms with van der Waals surface area (Å²) in [6, 6.07) is 10.2. The molecule has 0 aromatic heterocycles. The first-order valence-electron chi connectivity index (χ1n) is 8.52. The largest absolute Gasteiger partial charge is 0.465 e. The summed E-state index contributed by atoms with van der Waals surface area (Å²) < 4.78 is 10.2. The molecule has 1 aromatic carbocycles. The summed E-state index contributed by atoms with van der Waals surface area (Å²) in [5.41, 5.74) is 1.07. The summed E-state index contributed by atoms with van der Waals surface area (Å²) in [5, 5.41) is 0. The van der Waals surface area contributed by atoms with E-state index >= 15 is 0 Å². The standard InChI is InChI=1S/C19H26O4/c1-3-22-17(20)16(18(21)23-4-2)14-19(12-8-9-13-19)15-10-6-5-7-11-15/h5-7,10-11,16H,3-4,8-9,12-14H2,1-2H3. The summed E-state index contributed by atoms with van der Waals surface area (Å²) >= 11 is 0. The molecule has 0 atom stereocenters. The molecule has 0 N–H and O–H groups in total. The third kappa shape index (κ3) is 4.12. The average molecular weight is 318 g/mol. The zero-order valence-corrected chi connectivity index (χ0v) is 14.0. The van der Waals surface area contributed by atoms with Crippen LogP contribution in [0.2, 0.25) is 0 Å². The second-order valence-corrected chi connectivity index (χ2v) is 6.11. The van der Waals surface area contributed by atoms with Crippen LogP contribution in [0.15, 0.2) is 30.3 Å². The number of hydrogen-bond acceptors (Lipinski definition) is 4. The Morgan fingerprint density at radius 3 is 2.00 bits per heavy atom. The molecule has 1 fully saturated rings. The third-order valence-corrected chi connectivity index (χ3v) is 4.68. The van der Waals surface area contributed by atoms with Crippen LogP contribution in [0.3, 0.4) is 0 Å². The van der Waals surface area contributed by atoms with Crippen LogP contribution in [0.5, 0.6) is 0 Å². The molecule has 0 radical (unpaired) electrons. The molecule has 1 aliphatic rings. The van der Waals surface area contributed by atoms with Crippen molar-refractivity contribution in [2.75, 3.05) is 13.2 Å². The molecule has 23 heavy (non-hydrogen) atoms. The highest BCUT2D eigenvalue weighted by atomic mass is 16.6. The van der Waals surface area contributed by atoms with Gasteiger partial charge in [0.25, 0.3) is 0 Å². The average Bonchev–Trinajstić information content (AvgIpc) is 3.04. The van der Waals surface area contributed by atoms with Gasteiger partial charge in [-0.25, -0.2) is 0 Å². The number of esters is 2. The Bertz CT molecular complexity index is 499. The third-order valence-electron chi connectivity index (χ3n) is 4.68. The second kappa shape index (κ2) is 8.14. The SMILES string of the molecule is CCOC(=O)C(CC1(c2ccccc2)CCCC1)C(=O)OCC. The second-order valence-electron chi connectivity index (χ2n) is 6.11. The van der Waals surface area contributed by atoms with Crippen molar-refractivity contribution in [2.45, 2.75) is 51.4 Å². The highest BCUT2D eigenvalue weighted by molar-refractivity contribution is 5.95. The van der Waals surface area contributed by atoms with Crippen molar-refractivity contribution in [3.05, 3.63) is 35.9 Å². The lowest BCUT2D eigenvalue weighted by Crippen LogP contribution is -2.35. The summed E-state index contributed by atoms with van der Waals surface area (Å²) in [7, 11) is 0. The molecule has 0 aliphatic heterocycles. The molecule has 0 heterocycles. The summed E-state index contributed by atoms with van der Waals surface area (Å²) in [6.07, 6.45) is 4.69. The van der Waals surface area contributed by atoms with Gasteiger partial charge in [-0.3, -0.25) is 9.59 Å². The van der Waals surface area contributed by atoms with Crippen LogP contribution in [0, 0.1) is 5.92 Å². The van der Waals surface area contributed by atoms with Gasteiger partial charge in [-0.1, -0.05) is 43.2 Å². The topological polar surface area (TPSA) is 52.6 Å². The molecule has 4 nitrogen and oxygen atoms in total. The van der Waals surface area contributed by atoms with E-state index in [1.165, 1.54) is 5.56 Å². The first-order chi connectivity index (χ1) is 11.1. The normalized spacial score (nSPS) is 16.3. The van der Waals surface area contributed by atoms with Gasteiger partial charge in [0.1, 0.15) is 0 Å². The highest BCUT2D eigenvalue weighted by Crippen LogP contribution is 2.46. The van der Waals surface area contributed by atoms with E-state index in [0.29, 0.717) is 6.42 Å². The van der Waals surface area contributed by atoms with E-state index in [2.05, 4.69) is 12.1 Å². The van der Waals surface area contributed by atoms with Gasteiger partial charge in [-0.2, -0.15) is 0 Å². The van der Waals surface area contributed by atoms with E-state index in [1.807, 2.05) is 18.2 Å². The first-order valence-corrected chi connectivity index (χ1v) is 8.52. The molecule has 0 amide bonds. The number of ether oxygens (including phenoxy) is 2. The number of carbonyl (C=O) groups is 2. The lowest BCUT2D eigenvalue weighted by atomic mass is 9.72. The van der Waals surface area contributed by atoms with E-state index in [4.69, 9.17) is 9.47 Å². The molecule has 2 rings (SSSR count). The van der Waals surface area contributed by atoms with Crippen molar-refractivity contribution >= 4 is 11.9 Å². The quantitative estimate of drug-likeness (QED) is 0.569. The molecular formula is C19H26O4. The minimum atomic E-state index is -0.840. The lowest BCUT2D eigenvalue weighted by molar-refractivity contribution is -0.162. The Morgan fingerprint density at radius 2 is 1.52 bits per heavy atom. The number of hydrogen-bond donors (Lipinski definition) is 0. The minimum absolute atomic E-state index is 0.133. The number of rotatable bonds is 7. The predicted molar refractivity (Wildman–Crippen MR) is 88.0 cm³/mol. The fraction of sp³-hybridized carbons (Fsp3) is 0.579. The maximum atomic E-state index is 12.3. The molecule has 1 aromatic rings. The van der Waals surface area contributed by atoms with Crippen LogP contribution in [0.25, 0.3) is 0 Å². The molecule has 4 heteroatoms. The predicted octanol–water partition coefficient (Wildman–Crippen LogP) is 3.63. The van der Waals surface area contributed by atoms with Crippen molar-refractivity contribution in [3.8, 4) is 0 Å². The zero-order valence-electron chi connectivity index (χ0n) is 14.0. The molecular weight excluding hydrogens is 292 g/mol. The fourth-order valence-electron chi connectivity index (χ4n) is 3.59. The highest BCUT2D eigenvalue weighted by Gasteiger charge is 2.43. The molecule has 0 saturated heterocycles. The Hall–Kier alpha value is -1.84. The smallest absolute Gasteiger partial charge is 0.320 e. The van der Waals surface area contributed by atoms with Crippen LogP contribution in [0.4, 0.5) is 0 Å². The van der Waals surface area contributed by atoms with Crippen LogP contribution in [-0.2, 0) is 24.5 Å². The lowest BCUT2D eigenvalue weighted by Gasteiger charge is -2.32. The molecule has 0 spiro atoms. The van der Waals surface area contributed by atoms with Crippen molar-refractivity contribution in [2.24, 2.45) is 5.92 Å². The molecule has 126 valence electrons. The van der Waals surface area contributed by atoms with E-state index in [9.17, 15) is 9.59 Å². The van der Waals surface area contributed by atoms with Crippen molar-refractivity contribution < 1.29 is 19.1 Å². The van der Waals surface area contributed by atoms with Gasteiger partial charge >= 0.3 is 11.9 Å². The van der Waals surface area contributed by atoms with E-state index in [1.54, 1.807) is 13.8 Å². The molecule has 0 unspecified atom stereocenters. The van der Waals surface area contributed by atoms with Gasteiger partial charge in [0.2, 0.25) is 0 Å². The van der Waals surface area contributed by atoms with Crippen LogP contribution >= 0.6 is 0 Å². The Kier molecular flexibility index (Phi) is 6.20. The summed E-state index contributed by atoms with van der Waals surface area (Å²) in [6.45, 7) is 4.05. The Morgan fingerprint density at radius 1 is 1.00 bits per heavy atom. The van der Waals surface area contributed by atoms with Gasteiger partial charge in [0.05, 0.1) is 13.2 Å².